The molecule has 0 aliphatic rings. The van der Waals surface area contributed by atoms with Gasteiger partial charge in [-0.25, -0.2) is 0 Å². The van der Waals surface area contributed by atoms with Gasteiger partial charge in [0.05, 0.1) is 6.54 Å². The molecule has 0 aliphatic carbocycles. The van der Waals surface area contributed by atoms with Gasteiger partial charge in [-0.15, -0.1) is 12.1 Å². The predicted octanol–water partition coefficient (Wildman–Crippen LogP) is 2.96. The number of hydrogen-bond donors (Lipinski definition) is 0. The first-order valence-electron chi connectivity index (χ1n) is 4.90. The number of halogens is 3. The highest BCUT2D eigenvalue weighted by Crippen LogP contribution is 2.19. The summed E-state index contributed by atoms with van der Waals surface area (Å²) in [5, 5.41) is 0. The maximum Gasteiger partial charge on any atom is 0.506 e. The standard InChI is InChI=1S/C10H14BF3NO/c1-8(11(12,13)14)6-15(3)7-10-5-4-9(2)16-10/h4-5H,1,6-7H2,2-3H3/q-1. The van der Waals surface area contributed by atoms with E-state index in [9.17, 15) is 12.9 Å². The maximum absolute atomic E-state index is 12.3. The van der Waals surface area contributed by atoms with E-state index in [2.05, 4.69) is 6.58 Å². The number of likely N-dealkylation sites (N-methyl/N-ethyl adjacent to an activating group) is 1. The van der Waals surface area contributed by atoms with Crippen LogP contribution in [0, 0.1) is 6.92 Å². The van der Waals surface area contributed by atoms with Gasteiger partial charge in [-0.05, 0) is 32.6 Å². The van der Waals surface area contributed by atoms with Crippen LogP contribution in [0.3, 0.4) is 0 Å². The van der Waals surface area contributed by atoms with Crippen LogP contribution in [0.1, 0.15) is 11.5 Å². The summed E-state index contributed by atoms with van der Waals surface area (Å²) < 4.78 is 42.1. The molecule has 1 rings (SSSR count). The van der Waals surface area contributed by atoms with Crippen molar-refractivity contribution in [1.29, 1.82) is 0 Å². The minimum atomic E-state index is -4.95. The highest BCUT2D eigenvalue weighted by Gasteiger charge is 2.27. The van der Waals surface area contributed by atoms with Crippen molar-refractivity contribution in [3.63, 3.8) is 0 Å². The summed E-state index contributed by atoms with van der Waals surface area (Å²) in [6.07, 6.45) is 0. The Kier molecular flexibility index (Phi) is 3.85. The molecule has 1 heterocycles. The third-order valence-corrected chi connectivity index (χ3v) is 2.16. The third kappa shape index (κ3) is 3.77. The Labute approximate surface area is 92.8 Å². The Balaban J connectivity index is 2.48. The molecule has 1 aromatic heterocycles. The lowest BCUT2D eigenvalue weighted by molar-refractivity contribution is 0.311. The summed E-state index contributed by atoms with van der Waals surface area (Å²) in [7, 11) is 1.60. The van der Waals surface area contributed by atoms with Crippen LogP contribution >= 0.6 is 0 Å². The van der Waals surface area contributed by atoms with Crippen molar-refractivity contribution in [1.82, 2.24) is 4.90 Å². The summed E-state index contributed by atoms with van der Waals surface area (Å²) in [5.41, 5.74) is -0.689. The molecule has 0 amide bonds. The zero-order valence-electron chi connectivity index (χ0n) is 9.34. The Morgan fingerprint density at radius 2 is 2.06 bits per heavy atom. The van der Waals surface area contributed by atoms with Gasteiger partial charge in [0, 0.05) is 0 Å². The Bertz CT molecular complexity index is 372. The van der Waals surface area contributed by atoms with Gasteiger partial charge >= 0.3 is 6.98 Å². The molecule has 0 saturated carbocycles. The van der Waals surface area contributed by atoms with Gasteiger partial charge in [0.2, 0.25) is 0 Å². The van der Waals surface area contributed by atoms with Crippen LogP contribution in [-0.2, 0) is 6.54 Å². The summed E-state index contributed by atoms with van der Waals surface area (Å²) in [6.45, 7) is 0.0459. The Hall–Kier alpha value is -1.17. The molecular formula is C10H14BF3NO-. The lowest BCUT2D eigenvalue weighted by atomic mass is 9.80. The lowest BCUT2D eigenvalue weighted by Crippen LogP contribution is -2.29. The summed E-state index contributed by atoms with van der Waals surface area (Å²) >= 11 is 0. The van der Waals surface area contributed by atoms with E-state index in [4.69, 9.17) is 4.42 Å². The largest absolute Gasteiger partial charge is 0.506 e. The van der Waals surface area contributed by atoms with E-state index in [1.54, 1.807) is 26.1 Å². The zero-order valence-corrected chi connectivity index (χ0v) is 9.34. The quantitative estimate of drug-likeness (QED) is 0.725. The summed E-state index contributed by atoms with van der Waals surface area (Å²) in [4.78, 5) is 1.52. The molecule has 90 valence electrons. The summed E-state index contributed by atoms with van der Waals surface area (Å²) in [5.74, 6) is 1.41. The van der Waals surface area contributed by atoms with Crippen LogP contribution < -0.4 is 0 Å². The molecule has 0 aliphatic heterocycles. The second-order valence-electron chi connectivity index (χ2n) is 3.92. The molecule has 6 heteroatoms. The molecule has 0 bridgehead atoms. The molecule has 0 N–H and O–H groups in total. The van der Waals surface area contributed by atoms with E-state index < -0.39 is 12.4 Å². The van der Waals surface area contributed by atoms with E-state index in [1.807, 2.05) is 0 Å². The van der Waals surface area contributed by atoms with Crippen LogP contribution in [0.2, 0.25) is 0 Å². The molecule has 0 saturated heterocycles. The molecule has 0 atom stereocenters. The van der Waals surface area contributed by atoms with Crippen LogP contribution in [0.15, 0.2) is 28.6 Å². The van der Waals surface area contributed by atoms with Crippen molar-refractivity contribution in [2.45, 2.75) is 13.5 Å². The van der Waals surface area contributed by atoms with Gasteiger partial charge in [0.25, 0.3) is 0 Å². The van der Waals surface area contributed by atoms with Crippen molar-refractivity contribution < 1.29 is 17.4 Å². The SMILES string of the molecule is C=C(CN(C)Cc1ccc(C)o1)[B-](F)(F)F. The molecule has 0 radical (unpaired) electrons. The average molecular weight is 232 g/mol. The second kappa shape index (κ2) is 4.78. The lowest BCUT2D eigenvalue weighted by Gasteiger charge is -2.23. The molecule has 0 fully saturated rings. The molecule has 0 aromatic carbocycles. The first kappa shape index (κ1) is 12.9. The molecule has 0 spiro atoms. The second-order valence-corrected chi connectivity index (χ2v) is 3.92. The topological polar surface area (TPSA) is 16.4 Å². The molecule has 2 nitrogen and oxygen atoms in total. The average Bonchev–Trinajstić information content (AvgIpc) is 2.49. The van der Waals surface area contributed by atoms with Crippen molar-refractivity contribution in [3.8, 4) is 0 Å². The highest BCUT2D eigenvalue weighted by atomic mass is 19.4. The van der Waals surface area contributed by atoms with E-state index in [1.165, 1.54) is 4.90 Å². The van der Waals surface area contributed by atoms with Gasteiger partial charge in [0.1, 0.15) is 11.5 Å². The van der Waals surface area contributed by atoms with Gasteiger partial charge in [0.15, 0.2) is 0 Å². The minimum absolute atomic E-state index is 0.191. The maximum atomic E-state index is 12.3. The smallest absolute Gasteiger partial charge is 0.465 e. The van der Waals surface area contributed by atoms with Crippen LogP contribution in [-0.4, -0.2) is 25.5 Å². The van der Waals surface area contributed by atoms with Gasteiger partial charge in [-0.2, -0.15) is 0 Å². The Morgan fingerprint density at radius 1 is 1.44 bits per heavy atom. The first-order chi connectivity index (χ1) is 7.29. The van der Waals surface area contributed by atoms with E-state index in [0.29, 0.717) is 12.3 Å². The normalized spacial score (nSPS) is 12.1. The Morgan fingerprint density at radius 3 is 2.50 bits per heavy atom. The number of nitrogens with zero attached hydrogens (tertiary/aromatic N) is 1. The number of hydrogen-bond acceptors (Lipinski definition) is 2. The number of furan rings is 1. The third-order valence-electron chi connectivity index (χ3n) is 2.16. The zero-order chi connectivity index (χ0) is 12.3. The fourth-order valence-electron chi connectivity index (χ4n) is 1.34. The summed E-state index contributed by atoms with van der Waals surface area (Å²) in [6, 6.07) is 3.54. The number of rotatable bonds is 5. The van der Waals surface area contributed by atoms with E-state index in [0.717, 1.165) is 5.76 Å². The van der Waals surface area contributed by atoms with Crippen molar-refractivity contribution in [2.24, 2.45) is 0 Å². The number of aryl methyl sites for hydroxylation is 1. The van der Waals surface area contributed by atoms with Crippen LogP contribution in [0.25, 0.3) is 0 Å². The fourth-order valence-corrected chi connectivity index (χ4v) is 1.34. The van der Waals surface area contributed by atoms with Crippen molar-refractivity contribution in [2.75, 3.05) is 13.6 Å². The molecule has 0 unspecified atom stereocenters. The van der Waals surface area contributed by atoms with Crippen molar-refractivity contribution in [3.05, 3.63) is 35.7 Å². The minimum Gasteiger partial charge on any atom is -0.465 e. The first-order valence-corrected chi connectivity index (χ1v) is 4.90. The van der Waals surface area contributed by atoms with Crippen molar-refractivity contribution >= 4 is 6.98 Å². The van der Waals surface area contributed by atoms with E-state index in [-0.39, 0.29) is 6.54 Å². The van der Waals surface area contributed by atoms with Crippen LogP contribution in [0.5, 0.6) is 0 Å². The fraction of sp³-hybridized carbons (Fsp3) is 0.400. The monoisotopic (exact) mass is 232 g/mol. The van der Waals surface area contributed by atoms with Gasteiger partial charge < -0.3 is 17.4 Å². The van der Waals surface area contributed by atoms with Gasteiger partial charge in [-0.3, -0.25) is 4.90 Å². The van der Waals surface area contributed by atoms with E-state index >= 15 is 0 Å². The van der Waals surface area contributed by atoms with Gasteiger partial charge in [-0.1, -0.05) is 0 Å². The van der Waals surface area contributed by atoms with Crippen LogP contribution in [0.4, 0.5) is 12.9 Å². The highest BCUT2D eigenvalue weighted by molar-refractivity contribution is 6.66. The molecule has 16 heavy (non-hydrogen) atoms. The molecule has 1 aromatic rings. The molecular weight excluding hydrogens is 218 g/mol. The predicted molar refractivity (Wildman–Crippen MR) is 58.0 cm³/mol.